The monoisotopic (exact) mass is 402 g/mol. The van der Waals surface area contributed by atoms with Crippen molar-refractivity contribution in [1.29, 1.82) is 0 Å². The molecule has 1 unspecified atom stereocenters. The van der Waals surface area contributed by atoms with Crippen molar-refractivity contribution in [3.05, 3.63) is 35.5 Å². The fraction of sp³-hybridized carbons (Fsp3) is 0.778. The molecule has 1 N–H and O–H groups in total. The number of hydrogen-bond acceptors (Lipinski definition) is 1. The van der Waals surface area contributed by atoms with Crippen LogP contribution in [0.2, 0.25) is 0 Å². The van der Waals surface area contributed by atoms with E-state index in [1.54, 1.807) is 5.57 Å². The zero-order valence-electron chi connectivity index (χ0n) is 19.2. The Morgan fingerprint density at radius 1 is 1.14 bits per heavy atom. The molecule has 0 radical (unpaired) electrons. The molecule has 0 aliphatic heterocycles. The molecule has 1 nitrogen and oxygen atoms in total. The van der Waals surface area contributed by atoms with E-state index in [0.717, 1.165) is 32.1 Å². The van der Waals surface area contributed by atoms with Gasteiger partial charge in [0.1, 0.15) is 6.17 Å². The van der Waals surface area contributed by atoms with Gasteiger partial charge < -0.3 is 5.11 Å². The molecule has 0 saturated heterocycles. The van der Waals surface area contributed by atoms with Crippen molar-refractivity contribution < 1.29 is 9.50 Å². The summed E-state index contributed by atoms with van der Waals surface area (Å²) in [6.07, 6.45) is 13.9. The van der Waals surface area contributed by atoms with Crippen molar-refractivity contribution in [3.8, 4) is 0 Å². The number of allylic oxidation sites excluding steroid dienone is 4. The molecular formula is C27H43FO. The van der Waals surface area contributed by atoms with Crippen LogP contribution in [-0.4, -0.2) is 17.4 Å². The average Bonchev–Trinajstić information content (AvgIpc) is 3.03. The summed E-state index contributed by atoms with van der Waals surface area (Å²) in [6.45, 7) is 13.2. The van der Waals surface area contributed by atoms with E-state index in [0.29, 0.717) is 17.8 Å². The van der Waals surface area contributed by atoms with Gasteiger partial charge in [0.2, 0.25) is 0 Å². The van der Waals surface area contributed by atoms with E-state index in [9.17, 15) is 5.11 Å². The minimum absolute atomic E-state index is 0.162. The number of aliphatic hydroxyl groups is 1. The molecule has 2 heteroatoms. The number of alkyl halides is 1. The van der Waals surface area contributed by atoms with Crippen LogP contribution in [0.15, 0.2) is 35.5 Å². The second-order valence-corrected chi connectivity index (χ2v) is 10.9. The van der Waals surface area contributed by atoms with Gasteiger partial charge in [0.15, 0.2) is 0 Å². The van der Waals surface area contributed by atoms with Crippen LogP contribution < -0.4 is 0 Å². The third kappa shape index (κ3) is 5.06. The zero-order chi connectivity index (χ0) is 21.2. The van der Waals surface area contributed by atoms with Crippen molar-refractivity contribution in [2.75, 3.05) is 0 Å². The van der Waals surface area contributed by atoms with Crippen LogP contribution in [0.4, 0.5) is 4.39 Å². The molecule has 0 spiro atoms. The normalized spacial score (nSPS) is 37.9. The predicted octanol–water partition coefficient (Wildman–Crippen LogP) is 7.57. The lowest BCUT2D eigenvalue weighted by molar-refractivity contribution is 0.0542. The van der Waals surface area contributed by atoms with E-state index in [1.165, 1.54) is 43.3 Å². The van der Waals surface area contributed by atoms with Gasteiger partial charge in [0.25, 0.3) is 0 Å². The Morgan fingerprint density at radius 3 is 2.62 bits per heavy atom. The van der Waals surface area contributed by atoms with Crippen LogP contribution in [0.5, 0.6) is 0 Å². The van der Waals surface area contributed by atoms with Crippen LogP contribution in [0.3, 0.4) is 0 Å². The first-order chi connectivity index (χ1) is 13.7. The molecule has 164 valence electrons. The SMILES string of the molecule is C=C1CC[C@H](O)C/C1=C/C=C1\CCC[C@]2(C)[C@@H]([C@H](C)C(F)CCC(C)C)CC[C@@H]12. The largest absolute Gasteiger partial charge is 0.393 e. The van der Waals surface area contributed by atoms with Crippen molar-refractivity contribution in [1.82, 2.24) is 0 Å². The van der Waals surface area contributed by atoms with Crippen molar-refractivity contribution in [2.24, 2.45) is 29.1 Å². The minimum Gasteiger partial charge on any atom is -0.393 e. The van der Waals surface area contributed by atoms with Gasteiger partial charge in [-0.3, -0.25) is 0 Å². The highest BCUT2D eigenvalue weighted by molar-refractivity contribution is 5.36. The molecule has 29 heavy (non-hydrogen) atoms. The molecule has 0 amide bonds. The van der Waals surface area contributed by atoms with Crippen molar-refractivity contribution in [2.45, 2.75) is 104 Å². The molecule has 3 aliphatic rings. The number of hydrogen-bond donors (Lipinski definition) is 1. The minimum atomic E-state index is -0.665. The fourth-order valence-electron chi connectivity index (χ4n) is 6.55. The van der Waals surface area contributed by atoms with Crippen molar-refractivity contribution >= 4 is 0 Å². The molecule has 0 aromatic carbocycles. The molecule has 0 aromatic rings. The van der Waals surface area contributed by atoms with E-state index in [2.05, 4.69) is 46.4 Å². The van der Waals surface area contributed by atoms with Crippen LogP contribution in [0.25, 0.3) is 0 Å². The van der Waals surface area contributed by atoms with Gasteiger partial charge in [-0.05, 0) is 98.9 Å². The smallest absolute Gasteiger partial charge is 0.103 e. The number of rotatable bonds is 6. The Bertz CT molecular complexity index is 645. The maximum Gasteiger partial charge on any atom is 0.103 e. The summed E-state index contributed by atoms with van der Waals surface area (Å²) < 4.78 is 15.0. The molecule has 0 bridgehead atoms. The molecule has 6 atom stereocenters. The topological polar surface area (TPSA) is 20.2 Å². The summed E-state index contributed by atoms with van der Waals surface area (Å²) in [5.41, 5.74) is 4.22. The summed E-state index contributed by atoms with van der Waals surface area (Å²) >= 11 is 0. The average molecular weight is 403 g/mol. The zero-order valence-corrected chi connectivity index (χ0v) is 19.2. The Labute approximate surface area is 178 Å². The summed E-state index contributed by atoms with van der Waals surface area (Å²) in [7, 11) is 0. The molecule has 0 aromatic heterocycles. The second kappa shape index (κ2) is 9.50. The second-order valence-electron chi connectivity index (χ2n) is 10.9. The molecule has 0 heterocycles. The highest BCUT2D eigenvalue weighted by Gasteiger charge is 2.51. The van der Waals surface area contributed by atoms with E-state index in [4.69, 9.17) is 0 Å². The van der Waals surface area contributed by atoms with Crippen molar-refractivity contribution in [3.63, 3.8) is 0 Å². The highest BCUT2D eigenvalue weighted by Crippen LogP contribution is 2.60. The Kier molecular flexibility index (Phi) is 7.46. The summed E-state index contributed by atoms with van der Waals surface area (Å²) in [5, 5.41) is 10.0. The molecule has 3 saturated carbocycles. The fourth-order valence-corrected chi connectivity index (χ4v) is 6.55. The van der Waals surface area contributed by atoms with E-state index >= 15 is 4.39 Å². The lowest BCUT2D eigenvalue weighted by Gasteiger charge is -2.45. The van der Waals surface area contributed by atoms with Gasteiger partial charge in [0.05, 0.1) is 6.10 Å². The van der Waals surface area contributed by atoms with Gasteiger partial charge in [-0.25, -0.2) is 4.39 Å². The lowest BCUT2D eigenvalue weighted by Crippen LogP contribution is -2.38. The molecule has 3 fully saturated rings. The van der Waals surface area contributed by atoms with Gasteiger partial charge in [-0.15, -0.1) is 0 Å². The maximum atomic E-state index is 15.0. The van der Waals surface area contributed by atoms with Gasteiger partial charge >= 0.3 is 0 Å². The third-order valence-corrected chi connectivity index (χ3v) is 8.45. The predicted molar refractivity (Wildman–Crippen MR) is 121 cm³/mol. The van der Waals surface area contributed by atoms with Crippen LogP contribution in [0.1, 0.15) is 91.9 Å². The first-order valence-electron chi connectivity index (χ1n) is 12.1. The number of aliphatic hydroxyl groups excluding tert-OH is 1. The van der Waals surface area contributed by atoms with Gasteiger partial charge in [0, 0.05) is 0 Å². The highest BCUT2D eigenvalue weighted by atomic mass is 19.1. The van der Waals surface area contributed by atoms with E-state index < -0.39 is 6.17 Å². The first-order valence-corrected chi connectivity index (χ1v) is 12.1. The van der Waals surface area contributed by atoms with Crippen LogP contribution >= 0.6 is 0 Å². The van der Waals surface area contributed by atoms with Gasteiger partial charge in [-0.2, -0.15) is 0 Å². The van der Waals surface area contributed by atoms with Gasteiger partial charge in [-0.1, -0.05) is 57.6 Å². The Morgan fingerprint density at radius 2 is 1.90 bits per heavy atom. The summed E-state index contributed by atoms with van der Waals surface area (Å²) in [4.78, 5) is 0. The molecule has 3 aliphatic carbocycles. The Hall–Kier alpha value is -0.890. The quantitative estimate of drug-likeness (QED) is 0.486. The molecular weight excluding hydrogens is 359 g/mol. The summed E-state index contributed by atoms with van der Waals surface area (Å²) in [6, 6.07) is 0. The van der Waals surface area contributed by atoms with Crippen LogP contribution in [0, 0.1) is 29.1 Å². The third-order valence-electron chi connectivity index (χ3n) is 8.45. The number of fused-ring (bicyclic) bond motifs is 1. The number of halogens is 1. The summed E-state index contributed by atoms with van der Waals surface area (Å²) in [5.74, 6) is 1.84. The van der Waals surface area contributed by atoms with Crippen LogP contribution in [-0.2, 0) is 0 Å². The van der Waals surface area contributed by atoms with E-state index in [1.807, 2.05) is 0 Å². The maximum absolute atomic E-state index is 15.0. The first kappa shape index (κ1) is 22.8. The van der Waals surface area contributed by atoms with E-state index in [-0.39, 0.29) is 17.4 Å². The molecule has 3 rings (SSSR count). The standard InChI is InChI=1S/C27H43FO/c1-18(2)8-15-26(28)20(4)24-13-14-25-21(7-6-16-27(24,25)5)10-11-22-17-23(29)12-9-19(22)3/h10-11,18,20,23-26,29H,3,6-9,12-17H2,1-2,4-5H3/b21-10+,22-11-/t20-,23-,24+,25-,26?,27+/m0/s1. The lowest BCUT2D eigenvalue weighted by atomic mass is 9.60. The Balaban J connectivity index is 1.73.